The van der Waals surface area contributed by atoms with E-state index in [0.29, 0.717) is 0 Å². The maximum atomic E-state index is 6.83. The summed E-state index contributed by atoms with van der Waals surface area (Å²) in [6.07, 6.45) is 0. The van der Waals surface area contributed by atoms with Gasteiger partial charge in [0.15, 0.2) is 0 Å². The van der Waals surface area contributed by atoms with Crippen molar-refractivity contribution in [2.24, 2.45) is 0 Å². The molecule has 0 saturated heterocycles. The van der Waals surface area contributed by atoms with Crippen molar-refractivity contribution in [3.05, 3.63) is 271 Å². The number of anilines is 3. The number of hydrogen-bond donors (Lipinski definition) is 0. The highest BCUT2D eigenvalue weighted by atomic mass is 16.5. The predicted octanol–water partition coefficient (Wildman–Crippen LogP) is 17.0. The van der Waals surface area contributed by atoms with Crippen LogP contribution in [0.2, 0.25) is 0 Å². The Balaban J connectivity index is 1.04. The Morgan fingerprint density at radius 3 is 1.48 bits per heavy atom. The zero-order valence-corrected chi connectivity index (χ0v) is 35.9. The van der Waals surface area contributed by atoms with Crippen LogP contribution in [0.15, 0.2) is 253 Å². The molecule has 66 heavy (non-hydrogen) atoms. The number of furan rings is 1. The number of fused-ring (bicyclic) bond motifs is 10. The van der Waals surface area contributed by atoms with E-state index < -0.39 is 5.41 Å². The first kappa shape index (κ1) is 37.9. The van der Waals surface area contributed by atoms with Crippen LogP contribution in [0.5, 0.6) is 11.5 Å². The van der Waals surface area contributed by atoms with Crippen molar-refractivity contribution >= 4 is 28.0 Å². The Kier molecular flexibility index (Phi) is 8.75. The highest BCUT2D eigenvalue weighted by Crippen LogP contribution is 2.62. The number of hydrogen-bond acceptors (Lipinski definition) is 3. The van der Waals surface area contributed by atoms with Crippen molar-refractivity contribution in [2.45, 2.75) is 5.41 Å². The number of para-hydroxylation sites is 2. The molecule has 0 bridgehead atoms. The predicted molar refractivity (Wildman–Crippen MR) is 270 cm³/mol. The van der Waals surface area contributed by atoms with Gasteiger partial charge in [0.25, 0.3) is 0 Å². The first-order valence-corrected chi connectivity index (χ1v) is 22.6. The van der Waals surface area contributed by atoms with E-state index in [-0.39, 0.29) is 0 Å². The second-order valence-corrected chi connectivity index (χ2v) is 17.2. The summed E-state index contributed by atoms with van der Waals surface area (Å²) in [5.74, 6) is 2.62. The minimum absolute atomic E-state index is 0.553. The van der Waals surface area contributed by atoms with Crippen LogP contribution in [0.4, 0.5) is 17.1 Å². The Morgan fingerprint density at radius 2 is 0.818 bits per heavy atom. The minimum Gasteiger partial charge on any atom is -0.457 e. The van der Waals surface area contributed by atoms with E-state index in [2.05, 4.69) is 254 Å². The van der Waals surface area contributed by atoms with Crippen LogP contribution >= 0.6 is 0 Å². The smallest absolute Gasteiger partial charge is 0.143 e. The van der Waals surface area contributed by atoms with Crippen molar-refractivity contribution in [1.29, 1.82) is 0 Å². The quantitative estimate of drug-likeness (QED) is 0.160. The largest absolute Gasteiger partial charge is 0.457 e. The fourth-order valence-electron chi connectivity index (χ4n) is 10.7. The van der Waals surface area contributed by atoms with Gasteiger partial charge < -0.3 is 14.1 Å². The van der Waals surface area contributed by atoms with Crippen LogP contribution in [-0.4, -0.2) is 0 Å². The lowest BCUT2D eigenvalue weighted by molar-refractivity contribution is 0.436. The summed E-state index contributed by atoms with van der Waals surface area (Å²) >= 11 is 0. The average molecular weight is 844 g/mol. The van der Waals surface area contributed by atoms with E-state index in [4.69, 9.17) is 9.15 Å². The molecule has 1 aliphatic carbocycles. The standard InChI is InChI=1S/C63H41NO2/c1-4-18-42(19-5-1)45-24-16-26-48(38-45)64(49-27-17-25-47(39-49)61-53-40-46(43-20-6-2-7-21-43)34-37-58(53)66-62(61)44-22-8-3-9-23-44)50-35-36-55-52(41-50)51-28-10-11-29-54(51)63(55)56-30-12-14-32-59(56)65-60-33-15-13-31-57(60)63/h1-41H. The van der Waals surface area contributed by atoms with Crippen molar-refractivity contribution in [2.75, 3.05) is 4.90 Å². The van der Waals surface area contributed by atoms with Gasteiger partial charge in [0, 0.05) is 44.7 Å². The molecule has 0 fully saturated rings. The van der Waals surface area contributed by atoms with Gasteiger partial charge in [-0.3, -0.25) is 0 Å². The van der Waals surface area contributed by atoms with Gasteiger partial charge in [-0.25, -0.2) is 0 Å². The van der Waals surface area contributed by atoms with Gasteiger partial charge >= 0.3 is 0 Å². The third kappa shape index (κ3) is 5.91. The summed E-state index contributed by atoms with van der Waals surface area (Å²) in [7, 11) is 0. The fourth-order valence-corrected chi connectivity index (χ4v) is 10.7. The lowest BCUT2D eigenvalue weighted by Crippen LogP contribution is -2.32. The molecule has 0 radical (unpaired) electrons. The molecule has 0 unspecified atom stereocenters. The zero-order valence-electron chi connectivity index (χ0n) is 35.9. The van der Waals surface area contributed by atoms with Crippen molar-refractivity contribution < 1.29 is 9.15 Å². The monoisotopic (exact) mass is 843 g/mol. The topological polar surface area (TPSA) is 25.6 Å². The molecule has 3 nitrogen and oxygen atoms in total. The van der Waals surface area contributed by atoms with Crippen LogP contribution in [0.25, 0.3) is 66.8 Å². The maximum Gasteiger partial charge on any atom is 0.143 e. The Labute approximate surface area is 384 Å². The Morgan fingerprint density at radius 1 is 0.318 bits per heavy atom. The molecular weight excluding hydrogens is 803 g/mol. The van der Waals surface area contributed by atoms with Crippen LogP contribution in [0.3, 0.4) is 0 Å². The normalized spacial score (nSPS) is 12.8. The molecule has 0 saturated carbocycles. The summed E-state index contributed by atoms with van der Waals surface area (Å²) in [5, 5.41) is 1.07. The number of rotatable bonds is 7. The second-order valence-electron chi connectivity index (χ2n) is 17.2. The molecule has 1 aromatic heterocycles. The molecule has 11 aromatic rings. The van der Waals surface area contributed by atoms with E-state index in [1.807, 2.05) is 0 Å². The van der Waals surface area contributed by atoms with Crippen molar-refractivity contribution in [3.63, 3.8) is 0 Å². The van der Waals surface area contributed by atoms with Crippen LogP contribution < -0.4 is 9.64 Å². The highest BCUT2D eigenvalue weighted by molar-refractivity contribution is 6.04. The Hall–Kier alpha value is -8.66. The third-order valence-corrected chi connectivity index (χ3v) is 13.5. The number of benzene rings is 10. The number of nitrogens with zero attached hydrogens (tertiary/aromatic N) is 1. The molecule has 2 heterocycles. The van der Waals surface area contributed by atoms with Gasteiger partial charge in [0.2, 0.25) is 0 Å². The highest BCUT2D eigenvalue weighted by Gasteiger charge is 2.51. The maximum absolute atomic E-state index is 6.83. The molecule has 0 N–H and O–H groups in total. The van der Waals surface area contributed by atoms with E-state index in [0.717, 1.165) is 84.2 Å². The molecule has 0 atom stereocenters. The molecule has 1 aliphatic heterocycles. The van der Waals surface area contributed by atoms with Gasteiger partial charge in [0.05, 0.1) is 5.41 Å². The molecule has 10 aromatic carbocycles. The van der Waals surface area contributed by atoms with E-state index in [1.54, 1.807) is 0 Å². The fraction of sp³-hybridized carbons (Fsp3) is 0.0159. The van der Waals surface area contributed by atoms with Crippen molar-refractivity contribution in [3.8, 4) is 67.3 Å². The zero-order chi connectivity index (χ0) is 43.6. The molecule has 13 rings (SSSR count). The van der Waals surface area contributed by atoms with Crippen LogP contribution in [0, 0.1) is 0 Å². The third-order valence-electron chi connectivity index (χ3n) is 13.5. The molecule has 2 aliphatic rings. The molecule has 0 amide bonds. The van der Waals surface area contributed by atoms with E-state index >= 15 is 0 Å². The second kappa shape index (κ2) is 15.3. The van der Waals surface area contributed by atoms with Gasteiger partial charge in [-0.05, 0) is 111 Å². The Bertz CT molecular complexity index is 3580. The lowest BCUT2D eigenvalue weighted by atomic mass is 9.66. The molecule has 1 spiro atoms. The molecular formula is C63H41NO2. The van der Waals surface area contributed by atoms with Gasteiger partial charge in [-0.1, -0.05) is 188 Å². The van der Waals surface area contributed by atoms with E-state index in [9.17, 15) is 0 Å². The molecule has 3 heteroatoms. The SMILES string of the molecule is c1ccc(-c2cccc(N(c3cccc(-c4c(-c5ccccc5)oc5ccc(-c6ccccc6)cc45)c3)c3ccc4c(c3)-c3ccccc3C43c4ccccc4Oc4ccccc43)c2)cc1. The average Bonchev–Trinajstić information content (AvgIpc) is 3.91. The first-order valence-electron chi connectivity index (χ1n) is 22.6. The minimum atomic E-state index is -0.553. The summed E-state index contributed by atoms with van der Waals surface area (Å²) in [4.78, 5) is 2.41. The van der Waals surface area contributed by atoms with Gasteiger partial charge in [-0.15, -0.1) is 0 Å². The van der Waals surface area contributed by atoms with E-state index in [1.165, 1.54) is 33.4 Å². The van der Waals surface area contributed by atoms with Crippen LogP contribution in [0.1, 0.15) is 22.3 Å². The molecule has 310 valence electrons. The summed E-state index contributed by atoms with van der Waals surface area (Å²) < 4.78 is 13.5. The van der Waals surface area contributed by atoms with Gasteiger partial charge in [-0.2, -0.15) is 0 Å². The summed E-state index contributed by atoms with van der Waals surface area (Å²) in [5.41, 5.74) is 18.5. The van der Waals surface area contributed by atoms with Crippen molar-refractivity contribution in [1.82, 2.24) is 0 Å². The first-order chi connectivity index (χ1) is 32.7. The van der Waals surface area contributed by atoms with Gasteiger partial charge in [0.1, 0.15) is 22.8 Å². The number of ether oxygens (including phenoxy) is 1. The lowest BCUT2D eigenvalue weighted by Gasteiger charge is -2.39. The van der Waals surface area contributed by atoms with Crippen LogP contribution in [-0.2, 0) is 5.41 Å². The summed E-state index contributed by atoms with van der Waals surface area (Å²) in [6.45, 7) is 0. The summed E-state index contributed by atoms with van der Waals surface area (Å²) in [6, 6.07) is 89.2.